The van der Waals surface area contributed by atoms with Gasteiger partial charge in [0.05, 0.1) is 19.1 Å². The molecule has 8 heteroatoms. The van der Waals surface area contributed by atoms with Crippen LogP contribution in [0.3, 0.4) is 0 Å². The Kier molecular flexibility index (Phi) is 8.30. The Morgan fingerprint density at radius 2 is 1.84 bits per heavy atom. The summed E-state index contributed by atoms with van der Waals surface area (Å²) in [6.07, 6.45) is 2.70. The van der Waals surface area contributed by atoms with Crippen molar-refractivity contribution in [2.75, 3.05) is 27.8 Å². The predicted octanol–water partition coefficient (Wildman–Crippen LogP) is 4.34. The average Bonchev–Trinajstić information content (AvgIpc) is 3.06. The third-order valence-electron chi connectivity index (χ3n) is 5.04. The third-order valence-corrected chi connectivity index (χ3v) is 6.42. The molecule has 0 unspecified atom stereocenters. The van der Waals surface area contributed by atoms with Crippen LogP contribution in [0.1, 0.15) is 24.0 Å². The van der Waals surface area contributed by atoms with E-state index in [-0.39, 0.29) is 11.8 Å². The van der Waals surface area contributed by atoms with Gasteiger partial charge in [0.25, 0.3) is 5.91 Å². The predicted molar refractivity (Wildman–Crippen MR) is 132 cm³/mol. The lowest BCUT2D eigenvalue weighted by molar-refractivity contribution is -0.131. The quantitative estimate of drug-likeness (QED) is 0.401. The molecule has 0 saturated carbocycles. The summed E-state index contributed by atoms with van der Waals surface area (Å²) in [5.41, 5.74) is 1.90. The van der Waals surface area contributed by atoms with Crippen molar-refractivity contribution in [1.29, 1.82) is 0 Å². The van der Waals surface area contributed by atoms with Crippen LogP contribution in [-0.2, 0) is 16.1 Å². The summed E-state index contributed by atoms with van der Waals surface area (Å²) < 4.78 is 11.1. The van der Waals surface area contributed by atoms with Crippen LogP contribution in [0, 0.1) is 0 Å². The number of thioether (sulfide) groups is 1. The number of carbonyl (C=O) groups excluding carboxylic acids is 2. The molecule has 0 aliphatic carbocycles. The Morgan fingerprint density at radius 1 is 1.12 bits per heavy atom. The minimum atomic E-state index is -0.139. The van der Waals surface area contributed by atoms with E-state index >= 15 is 0 Å². The lowest BCUT2D eigenvalue weighted by Crippen LogP contribution is -2.31. The fraction of sp³-hybridized carbons (Fsp3) is 0.292. The fourth-order valence-electron chi connectivity index (χ4n) is 3.31. The van der Waals surface area contributed by atoms with Gasteiger partial charge in [-0.1, -0.05) is 60.4 Å². The lowest BCUT2D eigenvalue weighted by Gasteiger charge is -2.19. The second kappa shape index (κ2) is 11.2. The summed E-state index contributed by atoms with van der Waals surface area (Å²) in [5.74, 6) is 1.12. The third kappa shape index (κ3) is 5.89. The van der Waals surface area contributed by atoms with Crippen LogP contribution in [-0.4, -0.2) is 53.7 Å². The molecule has 0 bridgehead atoms. The van der Waals surface area contributed by atoms with Gasteiger partial charge in [-0.25, -0.2) is 0 Å². The first-order valence-corrected chi connectivity index (χ1v) is 11.4. The summed E-state index contributed by atoms with van der Waals surface area (Å²) in [7, 11) is 4.94. The van der Waals surface area contributed by atoms with Crippen molar-refractivity contribution in [3.05, 3.63) is 64.6 Å². The second-order valence-corrected chi connectivity index (χ2v) is 8.96. The van der Waals surface area contributed by atoms with Gasteiger partial charge in [0, 0.05) is 26.6 Å². The summed E-state index contributed by atoms with van der Waals surface area (Å²) in [6, 6.07) is 15.3. The van der Waals surface area contributed by atoms with E-state index in [4.69, 9.17) is 21.7 Å². The van der Waals surface area contributed by atoms with Gasteiger partial charge in [-0.3, -0.25) is 14.5 Å². The minimum absolute atomic E-state index is 0.0418. The van der Waals surface area contributed by atoms with E-state index in [1.165, 1.54) is 11.8 Å². The van der Waals surface area contributed by atoms with Crippen molar-refractivity contribution >= 4 is 46.2 Å². The van der Waals surface area contributed by atoms with E-state index in [9.17, 15) is 9.59 Å². The van der Waals surface area contributed by atoms with E-state index in [0.29, 0.717) is 46.7 Å². The topological polar surface area (TPSA) is 59.1 Å². The lowest BCUT2D eigenvalue weighted by atomic mass is 10.2. The maximum absolute atomic E-state index is 12.8. The van der Waals surface area contributed by atoms with E-state index in [1.807, 2.05) is 42.5 Å². The van der Waals surface area contributed by atoms with Gasteiger partial charge >= 0.3 is 0 Å². The zero-order valence-electron chi connectivity index (χ0n) is 18.4. The highest BCUT2D eigenvalue weighted by atomic mass is 32.2. The van der Waals surface area contributed by atoms with Crippen LogP contribution in [0.4, 0.5) is 0 Å². The highest BCUT2D eigenvalue weighted by molar-refractivity contribution is 8.26. The minimum Gasteiger partial charge on any atom is -0.493 e. The number of amides is 2. The van der Waals surface area contributed by atoms with Gasteiger partial charge < -0.3 is 14.4 Å². The maximum Gasteiger partial charge on any atom is 0.266 e. The molecule has 2 aromatic rings. The average molecular weight is 471 g/mol. The van der Waals surface area contributed by atoms with E-state index in [2.05, 4.69) is 0 Å². The van der Waals surface area contributed by atoms with Crippen LogP contribution in [0.25, 0.3) is 6.08 Å². The van der Waals surface area contributed by atoms with Crippen molar-refractivity contribution in [2.45, 2.75) is 19.4 Å². The Morgan fingerprint density at radius 3 is 2.53 bits per heavy atom. The van der Waals surface area contributed by atoms with E-state index in [0.717, 1.165) is 11.1 Å². The first-order chi connectivity index (χ1) is 15.4. The fourth-order valence-corrected chi connectivity index (χ4v) is 4.62. The zero-order chi connectivity index (χ0) is 23.1. The maximum atomic E-state index is 12.8. The largest absolute Gasteiger partial charge is 0.493 e. The Bertz CT molecular complexity index is 1020. The summed E-state index contributed by atoms with van der Waals surface area (Å²) in [6.45, 7) is 0.980. The smallest absolute Gasteiger partial charge is 0.266 e. The summed E-state index contributed by atoms with van der Waals surface area (Å²) >= 11 is 6.67. The number of hydrogen-bond donors (Lipinski definition) is 0. The number of hydrogen-bond acceptors (Lipinski definition) is 6. The first kappa shape index (κ1) is 23.8. The van der Waals surface area contributed by atoms with Gasteiger partial charge in [-0.15, -0.1) is 0 Å². The molecule has 0 aromatic heterocycles. The number of benzene rings is 2. The number of carbonyl (C=O) groups is 2. The van der Waals surface area contributed by atoms with Gasteiger partial charge in [-0.2, -0.15) is 0 Å². The molecule has 2 aromatic carbocycles. The van der Waals surface area contributed by atoms with Crippen molar-refractivity contribution < 1.29 is 19.1 Å². The first-order valence-electron chi connectivity index (χ1n) is 10.2. The Labute approximate surface area is 198 Å². The molecule has 0 spiro atoms. The molecule has 0 N–H and O–H groups in total. The normalized spacial score (nSPS) is 14.7. The monoisotopic (exact) mass is 470 g/mol. The SMILES string of the molecule is COc1ccc(C=C2SC(=S)N(CCCC(=O)N(C)Cc3ccccc3)C2=O)cc1OC. The van der Waals surface area contributed by atoms with Crippen LogP contribution >= 0.6 is 24.0 Å². The molecule has 1 fully saturated rings. The van der Waals surface area contributed by atoms with E-state index < -0.39 is 0 Å². The molecule has 1 heterocycles. The van der Waals surface area contributed by atoms with Crippen LogP contribution in [0.5, 0.6) is 11.5 Å². The molecular formula is C24H26N2O4S2. The molecule has 1 aliphatic rings. The van der Waals surface area contributed by atoms with Gasteiger partial charge in [0.2, 0.25) is 5.91 Å². The highest BCUT2D eigenvalue weighted by Gasteiger charge is 2.31. The van der Waals surface area contributed by atoms with Crippen molar-refractivity contribution in [3.63, 3.8) is 0 Å². The van der Waals surface area contributed by atoms with Gasteiger partial charge in [0.15, 0.2) is 11.5 Å². The molecule has 1 aliphatic heterocycles. The van der Waals surface area contributed by atoms with Gasteiger partial charge in [-0.05, 0) is 35.8 Å². The number of methoxy groups -OCH3 is 2. The molecular weight excluding hydrogens is 444 g/mol. The van der Waals surface area contributed by atoms with Gasteiger partial charge in [0.1, 0.15) is 4.32 Å². The summed E-state index contributed by atoms with van der Waals surface area (Å²) in [4.78, 5) is 29.1. The van der Waals surface area contributed by atoms with Crippen molar-refractivity contribution in [2.24, 2.45) is 0 Å². The molecule has 168 valence electrons. The Hall–Kier alpha value is -2.84. The Balaban J connectivity index is 1.56. The number of ether oxygens (including phenoxy) is 2. The molecule has 32 heavy (non-hydrogen) atoms. The second-order valence-electron chi connectivity index (χ2n) is 7.29. The molecule has 2 amide bonds. The number of thiocarbonyl (C=S) groups is 1. The molecule has 3 rings (SSSR count). The number of rotatable bonds is 9. The molecule has 0 radical (unpaired) electrons. The molecule has 1 saturated heterocycles. The number of nitrogens with zero attached hydrogens (tertiary/aromatic N) is 2. The zero-order valence-corrected chi connectivity index (χ0v) is 20.0. The van der Waals surface area contributed by atoms with Crippen molar-refractivity contribution in [1.82, 2.24) is 9.80 Å². The summed E-state index contributed by atoms with van der Waals surface area (Å²) in [5, 5.41) is 0. The standard InChI is InChI=1S/C24H26N2O4S2/c1-25(16-17-8-5-4-6-9-17)22(27)10-7-13-26-23(28)21(32-24(26)31)15-18-11-12-19(29-2)20(14-18)30-3/h4-6,8-9,11-12,14-15H,7,10,13,16H2,1-3H3. The van der Waals surface area contributed by atoms with Crippen LogP contribution < -0.4 is 9.47 Å². The highest BCUT2D eigenvalue weighted by Crippen LogP contribution is 2.34. The molecule has 0 atom stereocenters. The van der Waals surface area contributed by atoms with Crippen LogP contribution in [0.2, 0.25) is 0 Å². The van der Waals surface area contributed by atoms with Crippen molar-refractivity contribution in [3.8, 4) is 11.5 Å². The molecule has 6 nitrogen and oxygen atoms in total. The van der Waals surface area contributed by atoms with Crippen LogP contribution in [0.15, 0.2) is 53.4 Å². The van der Waals surface area contributed by atoms with E-state index in [1.54, 1.807) is 43.2 Å².